The predicted octanol–water partition coefficient (Wildman–Crippen LogP) is 2.87. The summed E-state index contributed by atoms with van der Waals surface area (Å²) in [7, 11) is 0. The molecule has 9 heteroatoms. The Labute approximate surface area is 171 Å². The van der Waals surface area contributed by atoms with Crippen LogP contribution < -0.4 is 16.6 Å². The number of carbonyl (C=O) groups is 2. The van der Waals surface area contributed by atoms with E-state index in [4.69, 9.17) is 10.2 Å². The topological polar surface area (TPSA) is 120 Å². The minimum Gasteiger partial charge on any atom is -0.436 e. The second-order valence-corrected chi connectivity index (χ2v) is 7.28. The fourth-order valence-corrected chi connectivity index (χ4v) is 3.80. The van der Waals surface area contributed by atoms with E-state index in [0.717, 1.165) is 16.1 Å². The lowest BCUT2D eigenvalue weighted by atomic mass is 10.1. The highest BCUT2D eigenvalue weighted by molar-refractivity contribution is 9.10. The first-order valence-electron chi connectivity index (χ1n) is 8.51. The molecule has 0 unspecified atom stereocenters. The number of nitrogens with zero attached hydrogens (tertiary/aromatic N) is 2. The van der Waals surface area contributed by atoms with Crippen molar-refractivity contribution in [2.45, 2.75) is 0 Å². The van der Waals surface area contributed by atoms with Gasteiger partial charge < -0.3 is 10.2 Å². The number of nitrogen functional groups attached to an aromatic ring is 1. The highest BCUT2D eigenvalue weighted by atomic mass is 79.9. The molecule has 0 atom stereocenters. The van der Waals surface area contributed by atoms with Gasteiger partial charge in [-0.1, -0.05) is 12.1 Å². The molecule has 0 fully saturated rings. The van der Waals surface area contributed by atoms with E-state index < -0.39 is 17.4 Å². The van der Waals surface area contributed by atoms with Gasteiger partial charge in [-0.25, -0.2) is 4.98 Å². The number of oxazole rings is 1. The van der Waals surface area contributed by atoms with Crippen LogP contribution in [0, 0.1) is 0 Å². The lowest BCUT2D eigenvalue weighted by Crippen LogP contribution is -2.24. The Kier molecular flexibility index (Phi) is 3.68. The molecular weight excluding hydrogens is 440 g/mol. The molecule has 142 valence electrons. The number of benzene rings is 2. The van der Waals surface area contributed by atoms with Gasteiger partial charge in [0.25, 0.3) is 17.4 Å². The van der Waals surface area contributed by atoms with Crippen molar-refractivity contribution in [1.29, 1.82) is 0 Å². The fraction of sp³-hybridized carbons (Fsp3) is 0. The van der Waals surface area contributed by atoms with Crippen molar-refractivity contribution in [3.63, 3.8) is 0 Å². The molecule has 0 aliphatic carbocycles. The number of amides is 2. The molecule has 5 rings (SSSR count). The number of imide groups is 1. The number of pyridine rings is 1. The first-order chi connectivity index (χ1) is 13.9. The molecule has 3 heterocycles. The van der Waals surface area contributed by atoms with Crippen molar-refractivity contribution in [2.24, 2.45) is 0 Å². The summed E-state index contributed by atoms with van der Waals surface area (Å²) in [4.78, 5) is 40.9. The quantitative estimate of drug-likeness (QED) is 0.453. The van der Waals surface area contributed by atoms with Crippen molar-refractivity contribution in [3.05, 3.63) is 74.5 Å². The first-order valence-corrected chi connectivity index (χ1v) is 9.30. The van der Waals surface area contributed by atoms with Crippen LogP contribution in [-0.4, -0.2) is 21.4 Å². The number of halogens is 1. The van der Waals surface area contributed by atoms with Gasteiger partial charge in [-0.3, -0.25) is 24.3 Å². The molecule has 0 radical (unpaired) electrons. The summed E-state index contributed by atoms with van der Waals surface area (Å²) in [5.41, 5.74) is 7.75. The van der Waals surface area contributed by atoms with Crippen molar-refractivity contribution >= 4 is 44.7 Å². The Morgan fingerprint density at radius 1 is 1.00 bits per heavy atom. The maximum Gasteiger partial charge on any atom is 0.262 e. The average Bonchev–Trinajstić information content (AvgIpc) is 3.22. The molecule has 3 N–H and O–H groups in total. The Balaban J connectivity index is 1.69. The van der Waals surface area contributed by atoms with Crippen LogP contribution in [0.1, 0.15) is 20.7 Å². The number of hydrogen-bond acceptors (Lipinski definition) is 6. The Morgan fingerprint density at radius 2 is 1.79 bits per heavy atom. The van der Waals surface area contributed by atoms with E-state index in [9.17, 15) is 14.4 Å². The molecule has 0 spiro atoms. The first kappa shape index (κ1) is 17.4. The third kappa shape index (κ3) is 2.59. The van der Waals surface area contributed by atoms with Gasteiger partial charge in [0.05, 0.1) is 22.4 Å². The molecule has 8 nitrogen and oxygen atoms in total. The Bertz CT molecular complexity index is 1420. The van der Waals surface area contributed by atoms with Crippen LogP contribution in [0.25, 0.3) is 28.2 Å². The molecule has 0 saturated carbocycles. The average molecular weight is 451 g/mol. The van der Waals surface area contributed by atoms with E-state index in [1.165, 1.54) is 4.57 Å². The van der Waals surface area contributed by atoms with Gasteiger partial charge in [-0.05, 0) is 46.3 Å². The zero-order valence-electron chi connectivity index (χ0n) is 14.6. The van der Waals surface area contributed by atoms with E-state index in [2.05, 4.69) is 26.2 Å². The highest BCUT2D eigenvalue weighted by Gasteiger charge is 2.31. The monoisotopic (exact) mass is 450 g/mol. The molecule has 0 bridgehead atoms. The van der Waals surface area contributed by atoms with Crippen LogP contribution in [0.5, 0.6) is 0 Å². The lowest BCUT2D eigenvalue weighted by molar-refractivity contribution is 0.0880. The lowest BCUT2D eigenvalue weighted by Gasteiger charge is -2.11. The van der Waals surface area contributed by atoms with Crippen molar-refractivity contribution in [3.8, 4) is 17.1 Å². The highest BCUT2D eigenvalue weighted by Crippen LogP contribution is 2.31. The molecule has 1 aliphatic heterocycles. The number of carbonyl (C=O) groups excluding carboxylic acids is 2. The van der Waals surface area contributed by atoms with Gasteiger partial charge in [-0.15, -0.1) is 0 Å². The second kappa shape index (κ2) is 6.14. The molecular formula is C20H11BrN4O4. The van der Waals surface area contributed by atoms with Crippen LogP contribution in [0.2, 0.25) is 0 Å². The van der Waals surface area contributed by atoms with E-state index >= 15 is 0 Å². The van der Waals surface area contributed by atoms with Gasteiger partial charge in [-0.2, -0.15) is 0 Å². The minimum absolute atomic E-state index is 0.0104. The molecule has 0 saturated heterocycles. The summed E-state index contributed by atoms with van der Waals surface area (Å²) in [5, 5.41) is 2.14. The number of aromatic nitrogens is 2. The summed E-state index contributed by atoms with van der Waals surface area (Å²) in [6.45, 7) is 0. The van der Waals surface area contributed by atoms with Gasteiger partial charge in [0, 0.05) is 10.5 Å². The summed E-state index contributed by atoms with van der Waals surface area (Å²) in [6.07, 6.45) is 0. The molecule has 2 aromatic carbocycles. The number of nitrogens with one attached hydrogen (secondary N) is 1. The van der Waals surface area contributed by atoms with Gasteiger partial charge in [0.1, 0.15) is 11.3 Å². The molecule has 1 aliphatic rings. The van der Waals surface area contributed by atoms with Gasteiger partial charge in [0.15, 0.2) is 5.58 Å². The number of anilines is 1. The summed E-state index contributed by atoms with van der Waals surface area (Å²) >= 11 is 3.47. The molecule has 2 amide bonds. The van der Waals surface area contributed by atoms with Crippen LogP contribution in [0.4, 0.5) is 5.82 Å². The minimum atomic E-state index is -0.633. The summed E-state index contributed by atoms with van der Waals surface area (Å²) in [5.74, 6) is -0.949. The van der Waals surface area contributed by atoms with Crippen LogP contribution in [-0.2, 0) is 0 Å². The smallest absolute Gasteiger partial charge is 0.262 e. The van der Waals surface area contributed by atoms with E-state index in [0.29, 0.717) is 22.7 Å². The number of rotatable bonds is 2. The van der Waals surface area contributed by atoms with Crippen molar-refractivity contribution in [1.82, 2.24) is 14.9 Å². The predicted molar refractivity (Wildman–Crippen MR) is 109 cm³/mol. The van der Waals surface area contributed by atoms with Crippen molar-refractivity contribution in [2.75, 3.05) is 5.73 Å². The van der Waals surface area contributed by atoms with E-state index in [1.807, 2.05) is 24.3 Å². The van der Waals surface area contributed by atoms with E-state index in [-0.39, 0.29) is 16.9 Å². The Morgan fingerprint density at radius 3 is 2.59 bits per heavy atom. The maximum absolute atomic E-state index is 12.6. The standard InChI is InChI=1S/C20H11BrN4O4/c21-12-4-2-1-3-10(12)20-23-13-7-9(5-6-14(13)29-20)25-15(26)8-11-16(17(25)22)19(28)24-18(11)27/h1-8H,22H2,(H,24,27,28). The fourth-order valence-electron chi connectivity index (χ4n) is 3.35. The third-order valence-corrected chi connectivity index (χ3v) is 5.38. The van der Waals surface area contributed by atoms with Gasteiger partial charge >= 0.3 is 0 Å². The third-order valence-electron chi connectivity index (χ3n) is 4.69. The molecule has 2 aromatic heterocycles. The largest absolute Gasteiger partial charge is 0.436 e. The van der Waals surface area contributed by atoms with Gasteiger partial charge in [0.2, 0.25) is 5.89 Å². The maximum atomic E-state index is 12.6. The van der Waals surface area contributed by atoms with Crippen molar-refractivity contribution < 1.29 is 14.0 Å². The molecule has 4 aromatic rings. The number of nitrogens with two attached hydrogens (primary N) is 1. The summed E-state index contributed by atoms with van der Waals surface area (Å²) in [6, 6.07) is 13.6. The Hall–Kier alpha value is -3.72. The molecule has 29 heavy (non-hydrogen) atoms. The zero-order chi connectivity index (χ0) is 20.3. The van der Waals surface area contributed by atoms with Crippen LogP contribution in [0.15, 0.2) is 62.2 Å². The van der Waals surface area contributed by atoms with E-state index in [1.54, 1.807) is 18.2 Å². The number of fused-ring (bicyclic) bond motifs is 2. The SMILES string of the molecule is Nc1c2c(cc(=O)n1-c1ccc3oc(-c4ccccc4Br)nc3c1)C(=O)NC2=O. The zero-order valence-corrected chi connectivity index (χ0v) is 16.2. The second-order valence-electron chi connectivity index (χ2n) is 6.43. The summed E-state index contributed by atoms with van der Waals surface area (Å²) < 4.78 is 7.83. The normalized spacial score (nSPS) is 13.0. The van der Waals surface area contributed by atoms with Crippen LogP contribution in [0.3, 0.4) is 0 Å². The number of hydrogen-bond donors (Lipinski definition) is 2. The van der Waals surface area contributed by atoms with Crippen LogP contribution >= 0.6 is 15.9 Å².